The summed E-state index contributed by atoms with van der Waals surface area (Å²) in [6.45, 7) is 4.49. The van der Waals surface area contributed by atoms with Gasteiger partial charge in [0.05, 0.1) is 12.2 Å². The molecule has 5 N–H and O–H groups in total. The van der Waals surface area contributed by atoms with E-state index < -0.39 is 29.9 Å². The van der Waals surface area contributed by atoms with Crippen LogP contribution in [0.15, 0.2) is 54.6 Å². The van der Waals surface area contributed by atoms with Crippen molar-refractivity contribution in [3.63, 3.8) is 0 Å². The molecule has 1 aliphatic carbocycles. The third kappa shape index (κ3) is 12.2. The molecule has 0 unspecified atom stereocenters. The molecule has 8 nitrogen and oxygen atoms in total. The van der Waals surface area contributed by atoms with Gasteiger partial charge < -0.3 is 30.7 Å². The minimum Gasteiger partial charge on any atom is -0.494 e. The Kier molecular flexibility index (Phi) is 14.6. The molecule has 2 fully saturated rings. The predicted octanol–water partition coefficient (Wildman–Crippen LogP) is 5.97. The van der Waals surface area contributed by atoms with Gasteiger partial charge in [0.2, 0.25) is 0 Å². The van der Waals surface area contributed by atoms with Crippen molar-refractivity contribution in [3.05, 3.63) is 65.7 Å². The van der Waals surface area contributed by atoms with Crippen LogP contribution in [-0.2, 0) is 21.7 Å². The van der Waals surface area contributed by atoms with Gasteiger partial charge in [-0.2, -0.15) is 26.3 Å². The van der Waals surface area contributed by atoms with Gasteiger partial charge in [0.25, 0.3) is 0 Å². The van der Waals surface area contributed by atoms with E-state index >= 15 is 0 Å². The number of aliphatic carboxylic acids is 2. The lowest BCUT2D eigenvalue weighted by Gasteiger charge is -2.45. The van der Waals surface area contributed by atoms with E-state index in [9.17, 15) is 31.4 Å². The number of nitrogens with two attached hydrogens (primary N) is 1. The number of alkyl halides is 6. The number of carboxylic acid groups (broad SMARTS) is 2. The zero-order chi connectivity index (χ0) is 33.7. The largest absolute Gasteiger partial charge is 0.494 e. The van der Waals surface area contributed by atoms with Crippen LogP contribution in [0.3, 0.4) is 0 Å². The summed E-state index contributed by atoms with van der Waals surface area (Å²) in [5.74, 6) is -3.84. The number of carboxylic acids is 2. The molecular weight excluding hydrogens is 610 g/mol. The van der Waals surface area contributed by atoms with E-state index in [4.69, 9.17) is 30.3 Å². The number of carbonyl (C=O) groups is 2. The summed E-state index contributed by atoms with van der Waals surface area (Å²) in [6.07, 6.45) is -2.16. The lowest BCUT2D eigenvalue weighted by Crippen LogP contribution is -2.47. The van der Waals surface area contributed by atoms with Gasteiger partial charge in [0.1, 0.15) is 5.75 Å². The Morgan fingerprint density at radius 3 is 1.71 bits per heavy atom. The zero-order valence-corrected chi connectivity index (χ0v) is 24.7. The fourth-order valence-corrected chi connectivity index (χ4v) is 5.67. The van der Waals surface area contributed by atoms with Crippen molar-refractivity contribution in [2.24, 2.45) is 17.6 Å². The molecule has 1 saturated heterocycles. The van der Waals surface area contributed by atoms with Crippen molar-refractivity contribution in [1.29, 1.82) is 0 Å². The molecular formula is C31H40F6N2O6. The van der Waals surface area contributed by atoms with Gasteiger partial charge in [-0.05, 0) is 80.3 Å². The number of hydrogen-bond donors (Lipinski definition) is 4. The maximum Gasteiger partial charge on any atom is 0.490 e. The molecule has 1 atom stereocenters. The molecule has 2 aromatic rings. The summed E-state index contributed by atoms with van der Waals surface area (Å²) in [7, 11) is 0. The predicted molar refractivity (Wildman–Crippen MR) is 153 cm³/mol. The standard InChI is InChI=1S/C27H38N2O2.2C2HF3O2/c28-21-22-11-13-26(14-12-22)31-20-6-17-29-18-15-25(16-19-29)27(30,24-9-4-5-10-24)23-7-2-1-3-8-23;2*3-2(4,5)1(6)7/h1-3,7-8,11-14,24-25,30H,4-6,9-10,15-21,28H2;2*(H,6,7)/t27-;;/m1../s1. The number of aliphatic hydroxyl groups is 1. The summed E-state index contributed by atoms with van der Waals surface area (Å²) < 4.78 is 69.4. The summed E-state index contributed by atoms with van der Waals surface area (Å²) >= 11 is 0. The molecule has 2 aromatic carbocycles. The van der Waals surface area contributed by atoms with Crippen LogP contribution in [0, 0.1) is 11.8 Å². The molecule has 1 heterocycles. The lowest BCUT2D eigenvalue weighted by atomic mass is 9.68. The van der Waals surface area contributed by atoms with E-state index in [0.717, 1.165) is 75.2 Å². The summed E-state index contributed by atoms with van der Waals surface area (Å²) in [5.41, 5.74) is 7.24. The maximum atomic E-state index is 12.0. The molecule has 0 spiro atoms. The Hall–Kier alpha value is -3.36. The normalized spacial score (nSPS) is 17.7. The summed E-state index contributed by atoms with van der Waals surface area (Å²) in [6, 6.07) is 18.5. The Morgan fingerprint density at radius 1 is 0.800 bits per heavy atom. The first-order valence-corrected chi connectivity index (χ1v) is 14.6. The monoisotopic (exact) mass is 650 g/mol. The van der Waals surface area contributed by atoms with Gasteiger partial charge in [0.15, 0.2) is 0 Å². The van der Waals surface area contributed by atoms with Crippen LogP contribution in [-0.4, -0.2) is 70.8 Å². The van der Waals surface area contributed by atoms with Crippen LogP contribution in [0.2, 0.25) is 0 Å². The zero-order valence-electron chi connectivity index (χ0n) is 24.7. The molecule has 0 aromatic heterocycles. The van der Waals surface area contributed by atoms with Crippen molar-refractivity contribution in [2.45, 2.75) is 69.4 Å². The number of rotatable bonds is 9. The first-order valence-electron chi connectivity index (χ1n) is 14.6. The molecule has 1 saturated carbocycles. The summed E-state index contributed by atoms with van der Waals surface area (Å²) in [4.78, 5) is 20.3. The molecule has 4 rings (SSSR count). The van der Waals surface area contributed by atoms with Gasteiger partial charge in [0, 0.05) is 13.1 Å². The molecule has 252 valence electrons. The van der Waals surface area contributed by atoms with Gasteiger partial charge >= 0.3 is 24.3 Å². The van der Waals surface area contributed by atoms with E-state index in [2.05, 4.69) is 35.2 Å². The Bertz CT molecular complexity index is 1140. The molecule has 0 bridgehead atoms. The number of benzene rings is 2. The molecule has 0 radical (unpaired) electrons. The van der Waals surface area contributed by atoms with E-state index in [1.807, 2.05) is 24.3 Å². The van der Waals surface area contributed by atoms with E-state index in [1.54, 1.807) is 0 Å². The highest BCUT2D eigenvalue weighted by molar-refractivity contribution is 5.73. The number of nitrogens with zero attached hydrogens (tertiary/aromatic N) is 1. The Morgan fingerprint density at radius 2 is 1.27 bits per heavy atom. The summed E-state index contributed by atoms with van der Waals surface area (Å²) in [5, 5.41) is 26.3. The smallest absolute Gasteiger partial charge is 0.490 e. The maximum absolute atomic E-state index is 12.0. The molecule has 1 aliphatic heterocycles. The molecule has 2 aliphatic rings. The van der Waals surface area contributed by atoms with Crippen molar-refractivity contribution in [2.75, 3.05) is 26.2 Å². The number of piperidine rings is 1. The Labute approximate surface area is 257 Å². The minimum atomic E-state index is -5.08. The van der Waals surface area contributed by atoms with E-state index in [-0.39, 0.29) is 0 Å². The number of halogens is 6. The van der Waals surface area contributed by atoms with Crippen LogP contribution < -0.4 is 10.5 Å². The molecule has 14 heteroatoms. The minimum absolute atomic E-state index is 0.353. The SMILES string of the molecule is NCc1ccc(OCCCN2CCC([C@@](O)(c3ccccc3)C3CCCC3)CC2)cc1.O=C(O)C(F)(F)F.O=C(O)C(F)(F)F. The lowest BCUT2D eigenvalue weighted by molar-refractivity contribution is -0.193. The third-order valence-electron chi connectivity index (χ3n) is 7.96. The average Bonchev–Trinajstić information content (AvgIpc) is 3.56. The van der Waals surface area contributed by atoms with Crippen LogP contribution in [0.5, 0.6) is 5.75 Å². The number of likely N-dealkylation sites (tertiary alicyclic amines) is 1. The fraction of sp³-hybridized carbons (Fsp3) is 0.548. The average molecular weight is 651 g/mol. The van der Waals surface area contributed by atoms with Gasteiger partial charge in [-0.3, -0.25) is 0 Å². The second kappa shape index (κ2) is 17.4. The van der Waals surface area contributed by atoms with Crippen LogP contribution in [0.1, 0.15) is 56.1 Å². The Balaban J connectivity index is 0.000000421. The van der Waals surface area contributed by atoms with Crippen LogP contribution >= 0.6 is 0 Å². The highest BCUT2D eigenvalue weighted by atomic mass is 19.4. The van der Waals surface area contributed by atoms with Crippen molar-refractivity contribution in [3.8, 4) is 5.75 Å². The van der Waals surface area contributed by atoms with Crippen molar-refractivity contribution < 1.29 is 56.0 Å². The van der Waals surface area contributed by atoms with Gasteiger partial charge in [-0.15, -0.1) is 0 Å². The van der Waals surface area contributed by atoms with Gasteiger partial charge in [-0.1, -0.05) is 55.3 Å². The first kappa shape index (κ1) is 37.8. The fourth-order valence-electron chi connectivity index (χ4n) is 5.67. The van der Waals surface area contributed by atoms with E-state index in [1.165, 1.54) is 12.8 Å². The topological polar surface area (TPSA) is 133 Å². The molecule has 0 amide bonds. The molecule has 45 heavy (non-hydrogen) atoms. The van der Waals surface area contributed by atoms with Gasteiger partial charge in [-0.25, -0.2) is 9.59 Å². The quantitative estimate of drug-likeness (QED) is 0.193. The van der Waals surface area contributed by atoms with Crippen LogP contribution in [0.4, 0.5) is 26.3 Å². The second-order valence-electron chi connectivity index (χ2n) is 10.9. The van der Waals surface area contributed by atoms with Crippen molar-refractivity contribution >= 4 is 11.9 Å². The first-order chi connectivity index (χ1) is 21.1. The van der Waals surface area contributed by atoms with Crippen LogP contribution in [0.25, 0.3) is 0 Å². The highest BCUT2D eigenvalue weighted by Gasteiger charge is 2.46. The van der Waals surface area contributed by atoms with E-state index in [0.29, 0.717) is 18.4 Å². The number of hydrogen-bond acceptors (Lipinski definition) is 6. The highest BCUT2D eigenvalue weighted by Crippen LogP contribution is 2.48. The van der Waals surface area contributed by atoms with Crippen molar-refractivity contribution in [1.82, 2.24) is 4.90 Å². The second-order valence-corrected chi connectivity index (χ2v) is 10.9. The number of ether oxygens (including phenoxy) is 1. The third-order valence-corrected chi connectivity index (χ3v) is 7.96.